The van der Waals surface area contributed by atoms with Crippen LogP contribution in [0.25, 0.3) is 0 Å². The van der Waals surface area contributed by atoms with E-state index in [-0.39, 0.29) is 5.97 Å². The van der Waals surface area contributed by atoms with Crippen molar-refractivity contribution >= 4 is 29.3 Å². The van der Waals surface area contributed by atoms with E-state index in [2.05, 4.69) is 4.99 Å². The summed E-state index contributed by atoms with van der Waals surface area (Å²) in [5.41, 5.74) is 0.113. The lowest BCUT2D eigenvalue weighted by molar-refractivity contribution is 0.0393. The summed E-state index contributed by atoms with van der Waals surface area (Å²) < 4.78 is 4.83. The molecule has 0 atom stereocenters. The van der Waals surface area contributed by atoms with Crippen molar-refractivity contribution in [1.29, 1.82) is 0 Å². The summed E-state index contributed by atoms with van der Waals surface area (Å²) in [6.07, 6.45) is 7.15. The van der Waals surface area contributed by atoms with Gasteiger partial charge in [0.25, 0.3) is 0 Å². The first-order valence-corrected chi connectivity index (χ1v) is 8.39. The number of aliphatic imine (C=N–C) groups is 1. The first-order chi connectivity index (χ1) is 10.4. The molecular weight excluding hydrogens is 300 g/mol. The number of aryl methyl sites for hydroxylation is 1. The summed E-state index contributed by atoms with van der Waals surface area (Å²) in [5.74, 6) is -0.360. The number of methoxy groups -OCH3 is 1. The molecule has 1 aromatic heterocycles. The van der Waals surface area contributed by atoms with E-state index < -0.39 is 5.60 Å². The highest BCUT2D eigenvalue weighted by Crippen LogP contribution is 2.36. The molecule has 1 fully saturated rings. The van der Waals surface area contributed by atoms with Crippen LogP contribution in [-0.4, -0.2) is 49.1 Å². The highest BCUT2D eigenvalue weighted by molar-refractivity contribution is 7.14. The minimum atomic E-state index is -0.525. The number of nitrogens with zero attached hydrogens (tertiary/aromatic N) is 2. The molecule has 0 aromatic carbocycles. The van der Waals surface area contributed by atoms with E-state index in [1.54, 1.807) is 6.34 Å². The fourth-order valence-electron chi connectivity index (χ4n) is 2.71. The number of carbonyl (C=O) groups is 1. The molecule has 2 rings (SSSR count). The molecule has 0 bridgehead atoms. The number of thiophene rings is 1. The minimum absolute atomic E-state index is 0.360. The zero-order valence-corrected chi connectivity index (χ0v) is 14.3. The van der Waals surface area contributed by atoms with Crippen molar-refractivity contribution in [2.24, 2.45) is 4.99 Å². The molecule has 1 aliphatic rings. The smallest absolute Gasteiger partial charge is 0.350 e. The maximum Gasteiger partial charge on any atom is 0.350 e. The van der Waals surface area contributed by atoms with Crippen molar-refractivity contribution < 1.29 is 14.6 Å². The second-order valence-corrected chi connectivity index (χ2v) is 7.20. The van der Waals surface area contributed by atoms with Crippen LogP contribution in [0.5, 0.6) is 0 Å². The van der Waals surface area contributed by atoms with Crippen LogP contribution in [0.4, 0.5) is 5.69 Å². The van der Waals surface area contributed by atoms with Gasteiger partial charge in [-0.1, -0.05) is 12.8 Å². The van der Waals surface area contributed by atoms with Crippen LogP contribution in [-0.2, 0) is 11.2 Å². The third-order valence-electron chi connectivity index (χ3n) is 3.93. The second kappa shape index (κ2) is 7.24. The summed E-state index contributed by atoms with van der Waals surface area (Å²) in [6.45, 7) is 0. The first-order valence-electron chi connectivity index (χ1n) is 7.57. The summed E-state index contributed by atoms with van der Waals surface area (Å²) >= 11 is 1.41. The Labute approximate surface area is 135 Å². The van der Waals surface area contributed by atoms with Gasteiger partial charge in [-0.05, 0) is 31.7 Å². The van der Waals surface area contributed by atoms with Gasteiger partial charge in [0, 0.05) is 19.0 Å². The van der Waals surface area contributed by atoms with Crippen molar-refractivity contribution in [2.45, 2.75) is 44.1 Å². The Morgan fingerprint density at radius 1 is 1.50 bits per heavy atom. The monoisotopic (exact) mass is 324 g/mol. The fraction of sp³-hybridized carbons (Fsp3) is 0.625. The Morgan fingerprint density at radius 2 is 2.18 bits per heavy atom. The van der Waals surface area contributed by atoms with E-state index >= 15 is 0 Å². The van der Waals surface area contributed by atoms with Gasteiger partial charge in [-0.15, -0.1) is 11.3 Å². The molecule has 0 spiro atoms. The molecular formula is C16H24N2O3S. The topological polar surface area (TPSA) is 62.1 Å². The number of ether oxygens (including phenoxy) is 1. The van der Waals surface area contributed by atoms with Crippen molar-refractivity contribution in [3.63, 3.8) is 0 Å². The molecule has 0 saturated heterocycles. The molecule has 1 saturated carbocycles. The largest absolute Gasteiger partial charge is 0.465 e. The van der Waals surface area contributed by atoms with Gasteiger partial charge in [0.2, 0.25) is 0 Å². The highest BCUT2D eigenvalue weighted by Gasteiger charge is 2.30. The number of hydrogen-bond acceptors (Lipinski definition) is 5. The molecule has 0 amide bonds. The average Bonchev–Trinajstić information content (AvgIpc) is 3.09. The summed E-state index contributed by atoms with van der Waals surface area (Å²) in [5, 5.41) is 10.4. The Kier molecular flexibility index (Phi) is 5.58. The standard InChI is InChI=1S/C16H24N2O3S/c1-18(2)11-17-13-10-12(22-14(13)15(19)21-3)6-9-16(20)7-4-5-8-16/h10-11,20H,4-9H2,1-3H3/b17-11+. The molecule has 0 radical (unpaired) electrons. The number of hydrogen-bond donors (Lipinski definition) is 1. The van der Waals surface area contributed by atoms with E-state index in [9.17, 15) is 9.90 Å². The van der Waals surface area contributed by atoms with Crippen LogP contribution in [0.1, 0.15) is 46.7 Å². The van der Waals surface area contributed by atoms with E-state index in [1.165, 1.54) is 18.4 Å². The normalized spacial score (nSPS) is 17.1. The van der Waals surface area contributed by atoms with Crippen LogP contribution >= 0.6 is 11.3 Å². The van der Waals surface area contributed by atoms with Gasteiger partial charge in [-0.3, -0.25) is 0 Å². The van der Waals surface area contributed by atoms with Gasteiger partial charge < -0.3 is 14.7 Å². The second-order valence-electron chi connectivity index (χ2n) is 6.06. The summed E-state index contributed by atoms with van der Waals surface area (Å²) in [4.78, 5) is 19.6. The first kappa shape index (κ1) is 17.0. The molecule has 22 heavy (non-hydrogen) atoms. The van der Waals surface area contributed by atoms with E-state index in [0.29, 0.717) is 10.6 Å². The van der Waals surface area contributed by atoms with Gasteiger partial charge in [0.05, 0.1) is 24.7 Å². The fourth-order valence-corrected chi connectivity index (χ4v) is 3.73. The van der Waals surface area contributed by atoms with E-state index in [4.69, 9.17) is 4.74 Å². The van der Waals surface area contributed by atoms with Crippen LogP contribution in [0.2, 0.25) is 0 Å². The number of rotatable bonds is 6. The zero-order valence-electron chi connectivity index (χ0n) is 13.5. The Hall–Kier alpha value is -1.40. The molecule has 1 aliphatic carbocycles. The lowest BCUT2D eigenvalue weighted by atomic mass is 9.96. The Balaban J connectivity index is 2.12. The van der Waals surface area contributed by atoms with Gasteiger partial charge in [-0.25, -0.2) is 9.79 Å². The van der Waals surface area contributed by atoms with Crippen molar-refractivity contribution in [1.82, 2.24) is 4.90 Å². The zero-order chi connectivity index (χ0) is 16.2. The lowest BCUT2D eigenvalue weighted by Crippen LogP contribution is -2.24. The quantitative estimate of drug-likeness (QED) is 0.496. The van der Waals surface area contributed by atoms with E-state index in [0.717, 1.165) is 43.4 Å². The van der Waals surface area contributed by atoms with Crippen LogP contribution in [0.15, 0.2) is 11.1 Å². The van der Waals surface area contributed by atoms with Gasteiger partial charge >= 0.3 is 5.97 Å². The van der Waals surface area contributed by atoms with Crippen molar-refractivity contribution in [3.05, 3.63) is 15.8 Å². The molecule has 1 aromatic rings. The molecule has 0 aliphatic heterocycles. The Bertz CT molecular complexity index is 546. The maximum atomic E-state index is 11.9. The molecule has 122 valence electrons. The molecule has 1 heterocycles. The predicted octanol–water partition coefficient (Wildman–Crippen LogP) is 2.99. The molecule has 6 heteroatoms. The predicted molar refractivity (Wildman–Crippen MR) is 89.2 cm³/mol. The van der Waals surface area contributed by atoms with Crippen molar-refractivity contribution in [2.75, 3.05) is 21.2 Å². The molecule has 1 N–H and O–H groups in total. The third-order valence-corrected chi connectivity index (χ3v) is 5.10. The summed E-state index contributed by atoms with van der Waals surface area (Å²) in [7, 11) is 5.14. The van der Waals surface area contributed by atoms with Crippen LogP contribution in [0, 0.1) is 0 Å². The van der Waals surface area contributed by atoms with Crippen molar-refractivity contribution in [3.8, 4) is 0 Å². The van der Waals surface area contributed by atoms with Gasteiger partial charge in [0.1, 0.15) is 4.88 Å². The van der Waals surface area contributed by atoms with Gasteiger partial charge in [0.15, 0.2) is 0 Å². The Morgan fingerprint density at radius 3 is 2.77 bits per heavy atom. The third kappa shape index (κ3) is 4.30. The maximum absolute atomic E-state index is 11.9. The molecule has 0 unspecified atom stereocenters. The summed E-state index contributed by atoms with van der Waals surface area (Å²) in [6, 6.07) is 1.93. The highest BCUT2D eigenvalue weighted by atomic mass is 32.1. The van der Waals surface area contributed by atoms with Gasteiger partial charge in [-0.2, -0.15) is 0 Å². The minimum Gasteiger partial charge on any atom is -0.465 e. The number of carbonyl (C=O) groups excluding carboxylic acids is 1. The SMILES string of the molecule is COC(=O)c1sc(CCC2(O)CCCC2)cc1/N=C/N(C)C. The molecule has 5 nitrogen and oxygen atoms in total. The number of aliphatic hydroxyl groups is 1. The average molecular weight is 324 g/mol. The van der Waals surface area contributed by atoms with E-state index in [1.807, 2.05) is 25.1 Å². The number of esters is 1. The van der Waals surface area contributed by atoms with Crippen LogP contribution < -0.4 is 0 Å². The lowest BCUT2D eigenvalue weighted by Gasteiger charge is -2.21. The van der Waals surface area contributed by atoms with Crippen LogP contribution in [0.3, 0.4) is 0 Å².